The highest BCUT2D eigenvalue weighted by atomic mass is 32.1. The molecule has 0 radical (unpaired) electrons. The van der Waals surface area contributed by atoms with Gasteiger partial charge in [0, 0.05) is 52.1 Å². The van der Waals surface area contributed by atoms with E-state index in [2.05, 4.69) is 157 Å². The average Bonchev–Trinajstić information content (AvgIpc) is 3.68. The number of rotatable bonds is 3. The predicted molar refractivity (Wildman–Crippen MR) is 199 cm³/mol. The Bertz CT molecular complexity index is 2780. The van der Waals surface area contributed by atoms with Gasteiger partial charge in [-0.1, -0.05) is 115 Å². The third-order valence-corrected chi connectivity index (χ3v) is 11.6. The Kier molecular flexibility index (Phi) is 5.39. The molecular formula is C42H25NS2. The summed E-state index contributed by atoms with van der Waals surface area (Å²) in [5, 5.41) is 13.0. The topological polar surface area (TPSA) is 3.24 Å². The molecule has 0 spiro atoms. The molecule has 0 fully saturated rings. The van der Waals surface area contributed by atoms with Crippen LogP contribution in [-0.2, 0) is 0 Å². The average molecular weight is 608 g/mol. The molecule has 2 aromatic heterocycles. The molecule has 8 aromatic carbocycles. The largest absolute Gasteiger partial charge is 0.308 e. The molecule has 45 heavy (non-hydrogen) atoms. The number of benzene rings is 8. The van der Waals surface area contributed by atoms with E-state index in [1.807, 2.05) is 22.7 Å². The van der Waals surface area contributed by atoms with Gasteiger partial charge in [0.15, 0.2) is 0 Å². The summed E-state index contributed by atoms with van der Waals surface area (Å²) in [5.74, 6) is 0. The van der Waals surface area contributed by atoms with Gasteiger partial charge in [-0.15, -0.1) is 22.7 Å². The minimum atomic E-state index is 1.17. The summed E-state index contributed by atoms with van der Waals surface area (Å²) in [6, 6.07) is 55.8. The number of nitrogens with zero attached hydrogens (tertiary/aromatic N) is 1. The summed E-state index contributed by atoms with van der Waals surface area (Å²) >= 11 is 3.79. The lowest BCUT2D eigenvalue weighted by atomic mass is 9.97. The van der Waals surface area contributed by atoms with Crippen LogP contribution in [0.5, 0.6) is 0 Å². The molecule has 10 aromatic rings. The highest BCUT2D eigenvalue weighted by Crippen LogP contribution is 2.50. The van der Waals surface area contributed by atoms with Gasteiger partial charge in [-0.05, 0) is 57.9 Å². The first-order chi connectivity index (χ1) is 22.3. The molecule has 0 aliphatic rings. The molecule has 10 rings (SSSR count). The molecule has 0 unspecified atom stereocenters. The van der Waals surface area contributed by atoms with Gasteiger partial charge in [0.2, 0.25) is 0 Å². The normalized spacial score (nSPS) is 12.0. The van der Waals surface area contributed by atoms with Crippen molar-refractivity contribution in [2.75, 3.05) is 4.90 Å². The minimum absolute atomic E-state index is 1.17. The van der Waals surface area contributed by atoms with E-state index in [9.17, 15) is 0 Å². The maximum absolute atomic E-state index is 2.50. The van der Waals surface area contributed by atoms with E-state index in [-0.39, 0.29) is 0 Å². The van der Waals surface area contributed by atoms with E-state index in [0.29, 0.717) is 0 Å². The SMILES string of the molecule is c1ccc2c(N(c3ccc4sc5ccccc5c4c3)c3cccc4c3sc3c5ccccc5c5ccccc5c43)cccc2c1. The summed E-state index contributed by atoms with van der Waals surface area (Å²) in [6.45, 7) is 0. The van der Waals surface area contributed by atoms with E-state index in [0.717, 1.165) is 0 Å². The van der Waals surface area contributed by atoms with Crippen molar-refractivity contribution in [2.24, 2.45) is 0 Å². The van der Waals surface area contributed by atoms with Crippen LogP contribution >= 0.6 is 22.7 Å². The molecule has 0 saturated carbocycles. The van der Waals surface area contributed by atoms with E-state index in [4.69, 9.17) is 0 Å². The molecule has 0 atom stereocenters. The number of hydrogen-bond donors (Lipinski definition) is 0. The zero-order valence-corrected chi connectivity index (χ0v) is 25.8. The molecule has 0 amide bonds. The molecule has 0 aliphatic carbocycles. The Morgan fingerprint density at radius 3 is 1.82 bits per heavy atom. The fraction of sp³-hybridized carbons (Fsp3) is 0. The zero-order valence-electron chi connectivity index (χ0n) is 24.2. The molecule has 210 valence electrons. The van der Waals surface area contributed by atoms with Gasteiger partial charge in [0.1, 0.15) is 0 Å². The first-order valence-corrected chi connectivity index (χ1v) is 16.9. The second-order valence-electron chi connectivity index (χ2n) is 11.7. The number of anilines is 3. The molecule has 1 nitrogen and oxygen atoms in total. The Balaban J connectivity index is 1.34. The second-order valence-corrected chi connectivity index (χ2v) is 13.8. The summed E-state index contributed by atoms with van der Waals surface area (Å²) in [6.07, 6.45) is 0. The minimum Gasteiger partial charge on any atom is -0.308 e. The van der Waals surface area contributed by atoms with Crippen LogP contribution in [0.3, 0.4) is 0 Å². The zero-order chi connectivity index (χ0) is 29.5. The lowest BCUT2D eigenvalue weighted by Gasteiger charge is -2.27. The molecular weight excluding hydrogens is 583 g/mol. The second kappa shape index (κ2) is 9.64. The van der Waals surface area contributed by atoms with Crippen molar-refractivity contribution >= 4 is 112 Å². The van der Waals surface area contributed by atoms with Gasteiger partial charge in [-0.25, -0.2) is 0 Å². The lowest BCUT2D eigenvalue weighted by molar-refractivity contribution is 1.32. The van der Waals surface area contributed by atoms with Crippen LogP contribution in [0.4, 0.5) is 17.1 Å². The van der Waals surface area contributed by atoms with Crippen LogP contribution in [0.1, 0.15) is 0 Å². The van der Waals surface area contributed by atoms with E-state index in [1.54, 1.807) is 0 Å². The standard InChI is InChI=1S/C42H25NS2/c1-2-13-28-26(11-1)12-9-20-36(28)43(27-23-24-39-35(25-27)31-16-7-8-22-38(31)44-39)37-21-10-19-34-40-32-17-5-3-14-29(32)30-15-4-6-18-33(30)42(40)45-41(34)37/h1-25H. The first kappa shape index (κ1) is 25.1. The maximum atomic E-state index is 2.50. The summed E-state index contributed by atoms with van der Waals surface area (Å²) in [5.41, 5.74) is 3.56. The summed E-state index contributed by atoms with van der Waals surface area (Å²) in [4.78, 5) is 2.50. The first-order valence-electron chi connectivity index (χ1n) is 15.3. The predicted octanol–water partition coefficient (Wildman–Crippen LogP) is 13.4. The molecule has 2 heterocycles. The Morgan fingerprint density at radius 2 is 0.956 bits per heavy atom. The third kappa shape index (κ3) is 3.66. The van der Waals surface area contributed by atoms with Crippen molar-refractivity contribution in [1.82, 2.24) is 0 Å². The molecule has 0 saturated heterocycles. The quantitative estimate of drug-likeness (QED) is 0.181. The van der Waals surface area contributed by atoms with Crippen LogP contribution in [0.25, 0.3) is 72.7 Å². The molecule has 0 aliphatic heterocycles. The van der Waals surface area contributed by atoms with Crippen molar-refractivity contribution in [2.45, 2.75) is 0 Å². The fourth-order valence-corrected chi connectivity index (χ4v) is 9.70. The Hall–Kier alpha value is -5.22. The fourth-order valence-electron chi connectivity index (χ4n) is 7.25. The van der Waals surface area contributed by atoms with Gasteiger partial charge in [0.05, 0.1) is 16.1 Å². The maximum Gasteiger partial charge on any atom is 0.0640 e. The van der Waals surface area contributed by atoms with Gasteiger partial charge in [0.25, 0.3) is 0 Å². The van der Waals surface area contributed by atoms with E-state index in [1.165, 1.54) is 89.7 Å². The van der Waals surface area contributed by atoms with Crippen LogP contribution in [0, 0.1) is 0 Å². The summed E-state index contributed by atoms with van der Waals surface area (Å²) < 4.78 is 5.30. The Labute approximate surface area is 267 Å². The van der Waals surface area contributed by atoms with Crippen molar-refractivity contribution in [3.05, 3.63) is 152 Å². The van der Waals surface area contributed by atoms with Crippen LogP contribution < -0.4 is 4.90 Å². The van der Waals surface area contributed by atoms with E-state index < -0.39 is 0 Å². The van der Waals surface area contributed by atoms with Crippen LogP contribution in [0.2, 0.25) is 0 Å². The van der Waals surface area contributed by atoms with Crippen molar-refractivity contribution in [1.29, 1.82) is 0 Å². The van der Waals surface area contributed by atoms with Gasteiger partial charge in [-0.2, -0.15) is 0 Å². The van der Waals surface area contributed by atoms with E-state index >= 15 is 0 Å². The summed E-state index contributed by atoms with van der Waals surface area (Å²) in [7, 11) is 0. The molecule has 3 heteroatoms. The van der Waals surface area contributed by atoms with Crippen molar-refractivity contribution in [3.8, 4) is 0 Å². The molecule has 0 bridgehead atoms. The number of hydrogen-bond acceptors (Lipinski definition) is 3. The highest BCUT2D eigenvalue weighted by molar-refractivity contribution is 7.27. The van der Waals surface area contributed by atoms with Gasteiger partial charge < -0.3 is 4.90 Å². The van der Waals surface area contributed by atoms with Crippen molar-refractivity contribution in [3.63, 3.8) is 0 Å². The van der Waals surface area contributed by atoms with Crippen LogP contribution in [-0.4, -0.2) is 0 Å². The van der Waals surface area contributed by atoms with Crippen molar-refractivity contribution < 1.29 is 0 Å². The monoisotopic (exact) mass is 607 g/mol. The van der Waals surface area contributed by atoms with Gasteiger partial charge >= 0.3 is 0 Å². The lowest BCUT2D eigenvalue weighted by Crippen LogP contribution is -2.10. The Morgan fingerprint density at radius 1 is 0.356 bits per heavy atom. The van der Waals surface area contributed by atoms with Gasteiger partial charge in [-0.3, -0.25) is 0 Å². The third-order valence-electron chi connectivity index (χ3n) is 9.22. The highest BCUT2D eigenvalue weighted by Gasteiger charge is 2.22. The number of fused-ring (bicyclic) bond motifs is 12. The molecule has 0 N–H and O–H groups in total. The van der Waals surface area contributed by atoms with Crippen LogP contribution in [0.15, 0.2) is 152 Å². The number of thiophene rings is 2. The smallest absolute Gasteiger partial charge is 0.0640 e.